The van der Waals surface area contributed by atoms with E-state index in [1.54, 1.807) is 18.3 Å². The van der Waals surface area contributed by atoms with Crippen LogP contribution in [0.2, 0.25) is 0 Å². The van der Waals surface area contributed by atoms with Crippen molar-refractivity contribution in [2.45, 2.75) is 77.5 Å². The first-order chi connectivity index (χ1) is 14.3. The van der Waals surface area contributed by atoms with E-state index in [9.17, 15) is 5.11 Å². The Kier molecular flexibility index (Phi) is 6.54. The molecule has 2 heterocycles. The zero-order valence-corrected chi connectivity index (χ0v) is 19.3. The van der Waals surface area contributed by atoms with Crippen LogP contribution in [0.1, 0.15) is 78.2 Å². The largest absolute Gasteiger partial charge is 0.378 e. The molecule has 0 amide bonds. The van der Waals surface area contributed by atoms with E-state index in [0.29, 0.717) is 6.42 Å². The van der Waals surface area contributed by atoms with Crippen LogP contribution in [0.15, 0.2) is 44.9 Å². The van der Waals surface area contributed by atoms with Crippen LogP contribution >= 0.6 is 11.3 Å². The van der Waals surface area contributed by atoms with Gasteiger partial charge in [-0.3, -0.25) is 0 Å². The number of benzene rings is 1. The smallest absolute Gasteiger partial charge is 0.219 e. The Morgan fingerprint density at radius 3 is 2.33 bits per heavy atom. The molecule has 1 aromatic carbocycles. The Bertz CT molecular complexity index is 997. The third kappa shape index (κ3) is 4.23. The Morgan fingerprint density at radius 1 is 1.10 bits per heavy atom. The molecular formula is C24H30N4OS. The van der Waals surface area contributed by atoms with Gasteiger partial charge in [0.05, 0.1) is 4.88 Å². The molecule has 1 atom stereocenters. The fraction of sp³-hybridized carbons (Fsp3) is 0.500. The molecular weight excluding hydrogens is 392 g/mol. The number of rotatable bonds is 8. The summed E-state index contributed by atoms with van der Waals surface area (Å²) in [5.74, 6) is 2.47. The normalized spacial score (nSPS) is 16.0. The second-order valence-corrected chi connectivity index (χ2v) is 9.37. The molecule has 3 rings (SSSR count). The average molecular weight is 423 g/mol. The van der Waals surface area contributed by atoms with E-state index in [1.165, 1.54) is 27.1 Å². The topological polar surface area (TPSA) is 69.7 Å². The van der Waals surface area contributed by atoms with Crippen molar-refractivity contribution in [3.8, 4) is 12.3 Å². The van der Waals surface area contributed by atoms with E-state index < -0.39 is 5.60 Å². The fourth-order valence-electron chi connectivity index (χ4n) is 4.13. The van der Waals surface area contributed by atoms with E-state index in [-0.39, 0.29) is 11.6 Å². The SMILES string of the molecule is C#CC(C)(O)CCc1ccc(C(CC)(CC)c2cc(C)c(C3N=NN=N3)s2)cc1C. The van der Waals surface area contributed by atoms with Crippen molar-refractivity contribution < 1.29 is 5.11 Å². The van der Waals surface area contributed by atoms with Crippen LogP contribution < -0.4 is 0 Å². The first-order valence-corrected chi connectivity index (χ1v) is 11.3. The summed E-state index contributed by atoms with van der Waals surface area (Å²) in [6.45, 7) is 10.4. The molecule has 1 aliphatic rings. The van der Waals surface area contributed by atoms with E-state index in [1.807, 2.05) is 0 Å². The molecule has 2 aromatic rings. The Morgan fingerprint density at radius 2 is 1.77 bits per heavy atom. The monoisotopic (exact) mass is 422 g/mol. The molecule has 6 heteroatoms. The molecule has 0 fully saturated rings. The Hall–Kier alpha value is -2.36. The third-order valence-corrected chi connectivity index (χ3v) is 7.80. The van der Waals surface area contributed by atoms with Crippen LogP contribution in [-0.2, 0) is 11.8 Å². The third-order valence-electron chi connectivity index (χ3n) is 6.32. The van der Waals surface area contributed by atoms with Crippen LogP contribution in [-0.4, -0.2) is 10.7 Å². The lowest BCUT2D eigenvalue weighted by atomic mass is 9.73. The number of aryl methyl sites for hydroxylation is 3. The highest BCUT2D eigenvalue weighted by atomic mass is 32.1. The minimum atomic E-state index is -1.07. The van der Waals surface area contributed by atoms with Gasteiger partial charge in [-0.05, 0) is 85.2 Å². The minimum Gasteiger partial charge on any atom is -0.378 e. The van der Waals surface area contributed by atoms with Crippen molar-refractivity contribution in [3.05, 3.63) is 56.3 Å². The Labute approximate surface area is 183 Å². The van der Waals surface area contributed by atoms with Gasteiger partial charge in [0.15, 0.2) is 0 Å². The van der Waals surface area contributed by atoms with Crippen LogP contribution in [0.25, 0.3) is 0 Å². The van der Waals surface area contributed by atoms with Crippen LogP contribution in [0.5, 0.6) is 0 Å². The highest BCUT2D eigenvalue weighted by Crippen LogP contribution is 2.46. The average Bonchev–Trinajstić information content (AvgIpc) is 3.39. The maximum Gasteiger partial charge on any atom is 0.219 e. The van der Waals surface area contributed by atoms with E-state index in [0.717, 1.165) is 24.1 Å². The van der Waals surface area contributed by atoms with Gasteiger partial charge in [0, 0.05) is 10.3 Å². The summed E-state index contributed by atoms with van der Waals surface area (Å²) in [5.41, 5.74) is 3.84. The fourth-order valence-corrected chi connectivity index (χ4v) is 5.63. The van der Waals surface area contributed by atoms with Crippen LogP contribution in [0, 0.1) is 26.2 Å². The number of nitrogens with zero attached hydrogens (tertiary/aromatic N) is 4. The van der Waals surface area contributed by atoms with Crippen molar-refractivity contribution in [2.24, 2.45) is 20.7 Å². The second kappa shape index (κ2) is 8.79. The summed E-state index contributed by atoms with van der Waals surface area (Å²) in [5, 5.41) is 25.7. The predicted molar refractivity (Wildman–Crippen MR) is 122 cm³/mol. The summed E-state index contributed by atoms with van der Waals surface area (Å²) >= 11 is 1.77. The van der Waals surface area contributed by atoms with Gasteiger partial charge < -0.3 is 5.11 Å². The van der Waals surface area contributed by atoms with Crippen molar-refractivity contribution in [1.29, 1.82) is 0 Å². The van der Waals surface area contributed by atoms with Gasteiger partial charge in [-0.2, -0.15) is 0 Å². The lowest BCUT2D eigenvalue weighted by Gasteiger charge is -2.32. The maximum atomic E-state index is 10.1. The van der Waals surface area contributed by atoms with Gasteiger partial charge in [-0.1, -0.05) is 38.0 Å². The molecule has 30 heavy (non-hydrogen) atoms. The molecule has 0 spiro atoms. The van der Waals surface area contributed by atoms with Crippen molar-refractivity contribution in [2.75, 3.05) is 0 Å². The molecule has 0 saturated heterocycles. The molecule has 1 unspecified atom stereocenters. The molecule has 1 aromatic heterocycles. The molecule has 0 radical (unpaired) electrons. The second-order valence-electron chi connectivity index (χ2n) is 8.29. The molecule has 1 aliphatic heterocycles. The van der Waals surface area contributed by atoms with Gasteiger partial charge >= 0.3 is 0 Å². The molecule has 1 N–H and O–H groups in total. The maximum absolute atomic E-state index is 10.1. The number of thiophene rings is 1. The highest BCUT2D eigenvalue weighted by molar-refractivity contribution is 7.12. The zero-order chi connectivity index (χ0) is 21.9. The molecule has 5 nitrogen and oxygen atoms in total. The predicted octanol–water partition coefficient (Wildman–Crippen LogP) is 6.62. The molecule has 0 saturated carbocycles. The summed E-state index contributed by atoms with van der Waals surface area (Å²) < 4.78 is 0. The van der Waals surface area contributed by atoms with Crippen LogP contribution in [0.3, 0.4) is 0 Å². The summed E-state index contributed by atoms with van der Waals surface area (Å²) in [6, 6.07) is 9.02. The van der Waals surface area contributed by atoms with E-state index in [4.69, 9.17) is 6.42 Å². The standard InChI is InChI=1S/C24H30N4OS/c1-7-23(6,29)13-12-18-10-11-19(14-16(18)4)24(8-2,9-3)20-15-17(5)21(30-20)22-25-27-28-26-22/h1,10-11,14-15,22,29H,8-9,12-13H2,2-6H3. The molecule has 158 valence electrons. The first-order valence-electron chi connectivity index (χ1n) is 10.5. The lowest BCUT2D eigenvalue weighted by Crippen LogP contribution is -2.25. The first kappa shape index (κ1) is 22.3. The Balaban J connectivity index is 1.95. The summed E-state index contributed by atoms with van der Waals surface area (Å²) in [6.07, 6.45) is 8.43. The number of hydrogen-bond acceptors (Lipinski definition) is 6. The summed E-state index contributed by atoms with van der Waals surface area (Å²) in [7, 11) is 0. The van der Waals surface area contributed by atoms with Gasteiger partial charge in [0.2, 0.25) is 6.17 Å². The molecule has 0 bridgehead atoms. The van der Waals surface area contributed by atoms with Crippen molar-refractivity contribution >= 4 is 11.3 Å². The van der Waals surface area contributed by atoms with Gasteiger partial charge in [0.25, 0.3) is 0 Å². The number of terminal acetylenes is 1. The number of hydrogen-bond donors (Lipinski definition) is 1. The van der Waals surface area contributed by atoms with Crippen LogP contribution in [0.4, 0.5) is 0 Å². The zero-order valence-electron chi connectivity index (χ0n) is 18.4. The van der Waals surface area contributed by atoms with E-state index in [2.05, 4.69) is 78.6 Å². The van der Waals surface area contributed by atoms with Gasteiger partial charge in [0.1, 0.15) is 5.60 Å². The highest BCUT2D eigenvalue weighted by Gasteiger charge is 2.34. The minimum absolute atomic E-state index is 0.0613. The van der Waals surface area contributed by atoms with Crippen molar-refractivity contribution in [3.63, 3.8) is 0 Å². The van der Waals surface area contributed by atoms with Gasteiger partial charge in [-0.25, -0.2) is 0 Å². The van der Waals surface area contributed by atoms with E-state index >= 15 is 0 Å². The molecule has 0 aliphatic carbocycles. The number of aliphatic hydroxyl groups is 1. The lowest BCUT2D eigenvalue weighted by molar-refractivity contribution is 0.113. The summed E-state index contributed by atoms with van der Waals surface area (Å²) in [4.78, 5) is 2.45. The van der Waals surface area contributed by atoms with Gasteiger partial charge in [-0.15, -0.1) is 28.0 Å². The van der Waals surface area contributed by atoms with Crippen molar-refractivity contribution in [1.82, 2.24) is 0 Å². The quantitative estimate of drug-likeness (QED) is 0.477.